The van der Waals surface area contributed by atoms with Gasteiger partial charge in [0.1, 0.15) is 5.75 Å². The van der Waals surface area contributed by atoms with E-state index >= 15 is 0 Å². The molecule has 6 heteroatoms. The largest absolute Gasteiger partial charge is 0.493 e. The van der Waals surface area contributed by atoms with E-state index < -0.39 is 12.1 Å². The smallest absolute Gasteiger partial charge is 0.310 e. The van der Waals surface area contributed by atoms with Crippen molar-refractivity contribution in [2.45, 2.75) is 33.3 Å². The maximum atomic E-state index is 12.1. The molecule has 0 unspecified atom stereocenters. The first kappa shape index (κ1) is 20.0. The van der Waals surface area contributed by atoms with Crippen molar-refractivity contribution < 1.29 is 19.1 Å². The number of esters is 1. The van der Waals surface area contributed by atoms with E-state index in [9.17, 15) is 9.59 Å². The summed E-state index contributed by atoms with van der Waals surface area (Å²) in [6, 6.07) is 13.0. The molecule has 0 aliphatic rings. The second-order valence-electron chi connectivity index (χ2n) is 6.00. The van der Waals surface area contributed by atoms with Gasteiger partial charge in [-0.25, -0.2) is 0 Å². The molecule has 0 saturated heterocycles. The van der Waals surface area contributed by atoms with Gasteiger partial charge >= 0.3 is 5.97 Å². The van der Waals surface area contributed by atoms with Crippen LogP contribution in [-0.2, 0) is 14.3 Å². The molecule has 26 heavy (non-hydrogen) atoms. The predicted octanol–water partition coefficient (Wildman–Crippen LogP) is 4.41. The summed E-state index contributed by atoms with van der Waals surface area (Å²) in [7, 11) is 0. The van der Waals surface area contributed by atoms with E-state index in [1.54, 1.807) is 12.1 Å². The lowest BCUT2D eigenvalue weighted by molar-refractivity contribution is -0.153. The van der Waals surface area contributed by atoms with Gasteiger partial charge in [-0.2, -0.15) is 0 Å². The summed E-state index contributed by atoms with van der Waals surface area (Å²) in [6.07, 6.45) is -0.810. The third-order valence-electron chi connectivity index (χ3n) is 3.70. The Morgan fingerprint density at radius 3 is 2.50 bits per heavy atom. The minimum absolute atomic E-state index is 0.0727. The molecule has 0 heterocycles. The SMILES string of the molecule is Cc1ccc(C)c(OCCC(=O)O[C@H](C)C(=O)Nc2ccc(Br)cc2)c1. The Morgan fingerprint density at radius 2 is 1.81 bits per heavy atom. The fraction of sp³-hybridized carbons (Fsp3) is 0.300. The molecular weight excluding hydrogens is 398 g/mol. The second-order valence-corrected chi connectivity index (χ2v) is 6.91. The molecule has 2 aromatic carbocycles. The number of ether oxygens (including phenoxy) is 2. The normalized spacial score (nSPS) is 11.5. The van der Waals surface area contributed by atoms with Crippen LogP contribution in [0.25, 0.3) is 0 Å². The summed E-state index contributed by atoms with van der Waals surface area (Å²) in [5, 5.41) is 2.70. The summed E-state index contributed by atoms with van der Waals surface area (Å²) in [4.78, 5) is 24.0. The first-order valence-electron chi connectivity index (χ1n) is 8.31. The molecular formula is C20H22BrNO4. The standard InChI is InChI=1S/C20H22BrNO4/c1-13-4-5-14(2)18(12-13)25-11-10-19(23)26-15(3)20(24)22-17-8-6-16(21)7-9-17/h4-9,12,15H,10-11H2,1-3H3,(H,22,24)/t15-/m1/s1. The predicted molar refractivity (Wildman–Crippen MR) is 104 cm³/mol. The van der Waals surface area contributed by atoms with Crippen molar-refractivity contribution in [3.05, 3.63) is 58.1 Å². The number of carbonyl (C=O) groups is 2. The van der Waals surface area contributed by atoms with Gasteiger partial charge in [0.15, 0.2) is 6.10 Å². The average Bonchev–Trinajstić information content (AvgIpc) is 2.59. The van der Waals surface area contributed by atoms with Gasteiger partial charge in [-0.3, -0.25) is 9.59 Å². The molecule has 0 aromatic heterocycles. The zero-order valence-corrected chi connectivity index (χ0v) is 16.6. The number of hydrogen-bond acceptors (Lipinski definition) is 4. The van der Waals surface area contributed by atoms with Crippen molar-refractivity contribution in [1.82, 2.24) is 0 Å². The molecule has 5 nitrogen and oxygen atoms in total. The summed E-state index contributed by atoms with van der Waals surface area (Å²) in [6.45, 7) is 5.66. The topological polar surface area (TPSA) is 64.6 Å². The number of hydrogen-bond donors (Lipinski definition) is 1. The number of halogens is 1. The number of aryl methyl sites for hydroxylation is 2. The molecule has 0 spiro atoms. The highest BCUT2D eigenvalue weighted by Gasteiger charge is 2.18. The minimum Gasteiger partial charge on any atom is -0.493 e. The molecule has 138 valence electrons. The molecule has 0 radical (unpaired) electrons. The first-order chi connectivity index (χ1) is 12.3. The van der Waals surface area contributed by atoms with E-state index in [1.165, 1.54) is 6.92 Å². The van der Waals surface area contributed by atoms with Crippen LogP contribution >= 0.6 is 15.9 Å². The van der Waals surface area contributed by atoms with Crippen molar-refractivity contribution in [2.75, 3.05) is 11.9 Å². The van der Waals surface area contributed by atoms with Gasteiger partial charge < -0.3 is 14.8 Å². The molecule has 0 aliphatic carbocycles. The second kappa shape index (κ2) is 9.38. The van der Waals surface area contributed by atoms with Crippen molar-refractivity contribution in [1.29, 1.82) is 0 Å². The number of nitrogens with one attached hydrogen (secondary N) is 1. The molecule has 2 rings (SSSR count). The number of carbonyl (C=O) groups excluding carboxylic acids is 2. The van der Waals surface area contributed by atoms with Crippen LogP contribution in [0.15, 0.2) is 46.9 Å². The number of benzene rings is 2. The minimum atomic E-state index is -0.883. The van der Waals surface area contributed by atoms with Crippen molar-refractivity contribution in [2.24, 2.45) is 0 Å². The Morgan fingerprint density at radius 1 is 1.12 bits per heavy atom. The van der Waals surface area contributed by atoms with Crippen molar-refractivity contribution >= 4 is 33.5 Å². The number of amides is 1. The maximum Gasteiger partial charge on any atom is 0.310 e. The van der Waals surface area contributed by atoms with Crippen molar-refractivity contribution in [3.8, 4) is 5.75 Å². The van der Waals surface area contributed by atoms with E-state index in [4.69, 9.17) is 9.47 Å². The lowest BCUT2D eigenvalue weighted by atomic mass is 10.1. The summed E-state index contributed by atoms with van der Waals surface area (Å²) in [5.74, 6) is -0.108. The monoisotopic (exact) mass is 419 g/mol. The fourth-order valence-corrected chi connectivity index (χ4v) is 2.46. The average molecular weight is 420 g/mol. The summed E-state index contributed by atoms with van der Waals surface area (Å²) >= 11 is 3.33. The Bertz CT molecular complexity index is 774. The van der Waals surface area contributed by atoms with Crippen LogP contribution in [0.1, 0.15) is 24.5 Å². The van der Waals surface area contributed by atoms with Crippen LogP contribution in [0.4, 0.5) is 5.69 Å². The van der Waals surface area contributed by atoms with Gasteiger partial charge in [-0.1, -0.05) is 28.1 Å². The Kier molecular flexibility index (Phi) is 7.21. The summed E-state index contributed by atoms with van der Waals surface area (Å²) < 4.78 is 11.7. The van der Waals surface area contributed by atoms with Gasteiger partial charge in [0.25, 0.3) is 5.91 Å². The quantitative estimate of drug-likeness (QED) is 0.675. The molecule has 1 amide bonds. The van der Waals surface area contributed by atoms with Gasteiger partial charge in [0.2, 0.25) is 0 Å². The molecule has 1 atom stereocenters. The molecule has 0 saturated carbocycles. The maximum absolute atomic E-state index is 12.1. The Balaban J connectivity index is 1.76. The van der Waals surface area contributed by atoms with Crippen LogP contribution in [-0.4, -0.2) is 24.6 Å². The molecule has 0 aliphatic heterocycles. The lowest BCUT2D eigenvalue weighted by Gasteiger charge is -2.14. The first-order valence-corrected chi connectivity index (χ1v) is 9.10. The number of anilines is 1. The van der Waals surface area contributed by atoms with Gasteiger partial charge in [0, 0.05) is 10.2 Å². The fourth-order valence-electron chi connectivity index (χ4n) is 2.19. The molecule has 1 N–H and O–H groups in total. The third-order valence-corrected chi connectivity index (χ3v) is 4.23. The van der Waals surface area contributed by atoms with Crippen LogP contribution < -0.4 is 10.1 Å². The zero-order chi connectivity index (χ0) is 19.1. The van der Waals surface area contributed by atoms with Crippen molar-refractivity contribution in [3.63, 3.8) is 0 Å². The molecule has 0 fully saturated rings. The molecule has 0 bridgehead atoms. The van der Waals surface area contributed by atoms with E-state index in [2.05, 4.69) is 21.2 Å². The Labute approximate surface area is 161 Å². The van der Waals surface area contributed by atoms with E-state index in [0.29, 0.717) is 5.69 Å². The van der Waals surface area contributed by atoms with Gasteiger partial charge in [-0.05, 0) is 62.2 Å². The lowest BCUT2D eigenvalue weighted by Crippen LogP contribution is -2.30. The van der Waals surface area contributed by atoms with E-state index in [-0.39, 0.29) is 18.9 Å². The summed E-state index contributed by atoms with van der Waals surface area (Å²) in [5.41, 5.74) is 2.73. The van der Waals surface area contributed by atoms with E-state index in [1.807, 2.05) is 44.2 Å². The van der Waals surface area contributed by atoms with Gasteiger partial charge in [-0.15, -0.1) is 0 Å². The zero-order valence-electron chi connectivity index (χ0n) is 15.0. The van der Waals surface area contributed by atoms with Crippen LogP contribution in [0, 0.1) is 13.8 Å². The number of rotatable bonds is 7. The molecule has 2 aromatic rings. The van der Waals surface area contributed by atoms with E-state index in [0.717, 1.165) is 21.3 Å². The highest BCUT2D eigenvalue weighted by Crippen LogP contribution is 2.19. The Hall–Kier alpha value is -2.34. The highest BCUT2D eigenvalue weighted by atomic mass is 79.9. The van der Waals surface area contributed by atoms with Crippen LogP contribution in [0.5, 0.6) is 5.75 Å². The highest BCUT2D eigenvalue weighted by molar-refractivity contribution is 9.10. The van der Waals surface area contributed by atoms with Crippen LogP contribution in [0.3, 0.4) is 0 Å². The van der Waals surface area contributed by atoms with Crippen LogP contribution in [0.2, 0.25) is 0 Å². The van der Waals surface area contributed by atoms with Gasteiger partial charge in [0.05, 0.1) is 13.0 Å². The third kappa shape index (κ3) is 6.19.